The fourth-order valence-corrected chi connectivity index (χ4v) is 10.5. The highest BCUT2D eigenvalue weighted by Crippen LogP contribution is 2.44. The molecule has 0 radical (unpaired) electrons. The fourth-order valence-electron chi connectivity index (χ4n) is 10.5. The van der Waals surface area contributed by atoms with Crippen molar-refractivity contribution in [1.29, 1.82) is 0 Å². The van der Waals surface area contributed by atoms with Crippen LogP contribution in [-0.2, 0) is 33.9 Å². The Morgan fingerprint density at radius 1 is 0.810 bits per heavy atom. The number of fused-ring (bicyclic) bond motifs is 1. The van der Waals surface area contributed by atoms with E-state index < -0.39 is 60.1 Å². The van der Waals surface area contributed by atoms with Gasteiger partial charge in [0.15, 0.2) is 0 Å². The fraction of sp³-hybridized carbons (Fsp3) is 0.400. The van der Waals surface area contributed by atoms with Crippen LogP contribution in [0.25, 0.3) is 22.4 Å². The molecule has 0 bridgehead atoms. The lowest BCUT2D eigenvalue weighted by molar-refractivity contribution is -0.140. The predicted octanol–water partition coefficient (Wildman–Crippen LogP) is 9.16. The summed E-state index contributed by atoms with van der Waals surface area (Å²) in [7, 11) is 0. The summed E-state index contributed by atoms with van der Waals surface area (Å²) in [6.07, 6.45) is 7.51. The van der Waals surface area contributed by atoms with Gasteiger partial charge < -0.3 is 35.3 Å². The van der Waals surface area contributed by atoms with E-state index in [9.17, 15) is 48.5 Å². The van der Waals surface area contributed by atoms with Crippen LogP contribution < -0.4 is 20.7 Å². The third kappa shape index (κ3) is 14.6. The molecule has 0 saturated carbocycles. The molecule has 3 atom stereocenters. The maximum Gasteiger partial charge on any atom is 0.305 e. The normalized spacial score (nSPS) is 15.1. The molecule has 0 aliphatic carbocycles. The number of amides is 5. The zero-order chi connectivity index (χ0) is 56.0. The summed E-state index contributed by atoms with van der Waals surface area (Å²) in [4.78, 5) is 77.5. The molecule has 1 fully saturated rings. The summed E-state index contributed by atoms with van der Waals surface area (Å²) in [6.45, 7) is 5.97. The van der Waals surface area contributed by atoms with Gasteiger partial charge in [-0.3, -0.25) is 43.7 Å². The molecule has 3 unspecified atom stereocenters. The van der Waals surface area contributed by atoms with E-state index in [-0.39, 0.29) is 55.2 Å². The van der Waals surface area contributed by atoms with Gasteiger partial charge in [0.05, 0.1) is 53.3 Å². The van der Waals surface area contributed by atoms with Gasteiger partial charge in [0, 0.05) is 54.9 Å². The lowest BCUT2D eigenvalue weighted by atomic mass is 9.94. The van der Waals surface area contributed by atoms with Gasteiger partial charge in [-0.05, 0) is 135 Å². The van der Waals surface area contributed by atoms with E-state index in [0.717, 1.165) is 74.9 Å². The number of aliphatic hydroxyl groups excluding tert-OH is 2. The number of carboxylic acid groups (broad SMARTS) is 1. The first kappa shape index (κ1) is 57.2. The molecule has 0 spiro atoms. The first-order valence-corrected chi connectivity index (χ1v) is 27.3. The highest BCUT2D eigenvalue weighted by molar-refractivity contribution is 6.25. The number of aryl methyl sites for hydroxylation is 2. The van der Waals surface area contributed by atoms with Gasteiger partial charge in [0.2, 0.25) is 11.8 Å². The summed E-state index contributed by atoms with van der Waals surface area (Å²) in [5.41, 5.74) is 6.25. The number of nitrogens with one attached hydrogen (secondary N) is 3. The largest absolute Gasteiger partial charge is 0.494 e. The molecule has 6 aromatic rings. The first-order valence-electron chi connectivity index (χ1n) is 27.3. The molecular weight excluding hydrogens is 1010 g/mol. The number of aromatic nitrogens is 4. The van der Waals surface area contributed by atoms with Crippen LogP contribution in [0.5, 0.6) is 5.75 Å². The van der Waals surface area contributed by atoms with Crippen molar-refractivity contribution in [3.8, 4) is 28.1 Å². The Bertz CT molecular complexity index is 3120. The van der Waals surface area contributed by atoms with Gasteiger partial charge in [-0.2, -0.15) is 0 Å². The smallest absolute Gasteiger partial charge is 0.305 e. The monoisotopic (exact) mass is 1080 g/mol. The van der Waals surface area contributed by atoms with Crippen LogP contribution in [0.15, 0.2) is 103 Å². The predicted molar refractivity (Wildman–Crippen MR) is 295 cm³/mol. The van der Waals surface area contributed by atoms with Gasteiger partial charge in [-0.15, -0.1) is 5.10 Å². The molecule has 4 heterocycles. The number of halogens is 1. The number of carbonyl (C=O) groups is 6. The van der Waals surface area contributed by atoms with Crippen molar-refractivity contribution >= 4 is 46.9 Å². The zero-order valence-electron chi connectivity index (χ0n) is 44.7. The van der Waals surface area contributed by atoms with E-state index in [4.69, 9.17) is 4.74 Å². The number of piperidine rings is 1. The molecule has 18 nitrogen and oxygen atoms in total. The molecule has 6 N–H and O–H groups in total. The quantitative estimate of drug-likeness (QED) is 0.0190. The minimum absolute atomic E-state index is 0.0656. The first-order chi connectivity index (χ1) is 38.2. The lowest BCUT2D eigenvalue weighted by Crippen LogP contribution is -2.54. The van der Waals surface area contributed by atoms with E-state index in [1.807, 2.05) is 71.8 Å². The number of hydrogen-bond donors (Lipinski definition) is 6. The van der Waals surface area contributed by atoms with Gasteiger partial charge in [0.1, 0.15) is 17.6 Å². The van der Waals surface area contributed by atoms with Crippen LogP contribution in [0.2, 0.25) is 0 Å². The Balaban J connectivity index is 0.821. The van der Waals surface area contributed by atoms with Crippen LogP contribution in [0.4, 0.5) is 15.8 Å². The number of aliphatic carboxylic acids is 1. The molecule has 8 rings (SSSR count). The molecule has 416 valence electrons. The number of anilines is 2. The molecule has 19 heteroatoms. The van der Waals surface area contributed by atoms with Gasteiger partial charge in [0.25, 0.3) is 17.7 Å². The Hall–Kier alpha value is -8.03. The highest BCUT2D eigenvalue weighted by Gasteiger charge is 2.45. The number of unbranched alkanes of at least 4 members (excludes halogenated alkanes) is 6. The zero-order valence-corrected chi connectivity index (χ0v) is 44.7. The van der Waals surface area contributed by atoms with Gasteiger partial charge in [-0.25, -0.2) is 4.39 Å². The van der Waals surface area contributed by atoms with E-state index in [0.29, 0.717) is 63.9 Å². The Morgan fingerprint density at radius 2 is 1.56 bits per heavy atom. The van der Waals surface area contributed by atoms with E-state index >= 15 is 0 Å². The average molecular weight is 1080 g/mol. The summed E-state index contributed by atoms with van der Waals surface area (Å²) in [6, 6.07) is 26.8. The molecular formula is C60H69FN8O10. The van der Waals surface area contributed by atoms with Crippen molar-refractivity contribution in [2.45, 2.75) is 141 Å². The SMILES string of the molecule is CC(C)c1c(C(=O)Nc2ccccc2)c(-c2cccc(OCCCCCc3cn(CCCCCCCNc4cccc5c4C(=O)N(C4CCC(=O)NC4=O)C5=O)nn3)c2)c(-c2ccc(F)cc2)n1CCC(O)CC(O)CC(=O)O. The van der Waals surface area contributed by atoms with Crippen LogP contribution in [-0.4, -0.2) is 107 Å². The average Bonchev–Trinajstić information content (AvgIpc) is 4.26. The topological polar surface area (TPSA) is 247 Å². The Kier molecular flexibility index (Phi) is 19.6. The maximum absolute atomic E-state index is 14.7. The third-order valence-electron chi connectivity index (χ3n) is 14.3. The van der Waals surface area contributed by atoms with Crippen molar-refractivity contribution in [3.05, 3.63) is 137 Å². The highest BCUT2D eigenvalue weighted by atomic mass is 19.1. The van der Waals surface area contributed by atoms with Gasteiger partial charge >= 0.3 is 5.97 Å². The number of carbonyl (C=O) groups excluding carboxylic acids is 5. The minimum Gasteiger partial charge on any atom is -0.494 e. The molecule has 79 heavy (non-hydrogen) atoms. The van der Waals surface area contributed by atoms with E-state index in [2.05, 4.69) is 26.3 Å². The van der Waals surface area contributed by atoms with Crippen molar-refractivity contribution in [3.63, 3.8) is 0 Å². The number of carboxylic acids is 1. The van der Waals surface area contributed by atoms with Crippen LogP contribution in [0, 0.1) is 5.82 Å². The maximum atomic E-state index is 14.7. The molecule has 2 aliphatic rings. The summed E-state index contributed by atoms with van der Waals surface area (Å²) in [5.74, 6) is -3.66. The second-order valence-electron chi connectivity index (χ2n) is 20.6. The standard InChI is InChI=1S/C60H69FN8O10/c1-38(2)55-54(58(76)63-42-17-8-6-9-18-42)52(56(39-23-25-41(61)26-24-39)68(55)32-29-44(70)35-45(71)36-51(73)74)40-16-14-20-46(34-40)79-33-13-7-10-19-43-37-67(66-65-43)31-12-5-3-4-11-30-62-48-22-15-21-47-53(48)60(78)69(59(47)77)49-27-28-50(72)64-57(49)75/h6,8-9,14-18,20-26,34,37-38,44-45,49,62,70-71H,3-5,7,10-13,19,27-33,35-36H2,1-2H3,(H,63,76)(H,73,74)(H,64,72,75). The number of hydrogen-bond acceptors (Lipinski definition) is 12. The summed E-state index contributed by atoms with van der Waals surface area (Å²) >= 11 is 0. The van der Waals surface area contributed by atoms with E-state index in [1.165, 1.54) is 12.1 Å². The number of para-hydroxylation sites is 1. The van der Waals surface area contributed by atoms with Crippen LogP contribution >= 0.6 is 0 Å². The van der Waals surface area contributed by atoms with Crippen molar-refractivity contribution in [1.82, 2.24) is 29.8 Å². The van der Waals surface area contributed by atoms with Crippen LogP contribution in [0.1, 0.15) is 146 Å². The van der Waals surface area contributed by atoms with Crippen molar-refractivity contribution < 1.29 is 53.2 Å². The van der Waals surface area contributed by atoms with Crippen molar-refractivity contribution in [2.24, 2.45) is 0 Å². The number of rotatable bonds is 29. The molecule has 2 aliphatic heterocycles. The number of aliphatic hydroxyl groups is 2. The second-order valence-corrected chi connectivity index (χ2v) is 20.6. The minimum atomic E-state index is -1.24. The number of benzene rings is 4. The second kappa shape index (κ2) is 27.0. The summed E-state index contributed by atoms with van der Waals surface area (Å²) in [5, 5.41) is 47.9. The summed E-state index contributed by atoms with van der Waals surface area (Å²) < 4.78 is 24.7. The molecule has 5 amide bonds. The third-order valence-corrected chi connectivity index (χ3v) is 14.3. The lowest BCUT2D eigenvalue weighted by Gasteiger charge is -2.27. The van der Waals surface area contributed by atoms with Gasteiger partial charge in [-0.1, -0.05) is 74.7 Å². The molecule has 1 saturated heterocycles. The number of ether oxygens (including phenoxy) is 1. The Morgan fingerprint density at radius 3 is 2.32 bits per heavy atom. The van der Waals surface area contributed by atoms with Crippen molar-refractivity contribution in [2.75, 3.05) is 23.8 Å². The van der Waals surface area contributed by atoms with E-state index in [1.54, 1.807) is 42.5 Å². The molecule has 4 aromatic carbocycles. The number of imide groups is 2. The number of nitrogens with zero attached hydrogens (tertiary/aromatic N) is 5. The molecule has 2 aromatic heterocycles. The van der Waals surface area contributed by atoms with Crippen LogP contribution in [0.3, 0.4) is 0 Å². The Labute approximate surface area is 458 Å².